The summed E-state index contributed by atoms with van der Waals surface area (Å²) in [6.45, 7) is 1.98. The summed E-state index contributed by atoms with van der Waals surface area (Å²) in [5.74, 6) is 0.297. The average molecular weight is 282 g/mol. The molecule has 2 aromatic carbocycles. The summed E-state index contributed by atoms with van der Waals surface area (Å²) in [5.41, 5.74) is 3.20. The van der Waals surface area contributed by atoms with Crippen LogP contribution >= 0.6 is 0 Å². The van der Waals surface area contributed by atoms with Crippen LogP contribution in [-0.2, 0) is 0 Å². The molecule has 0 saturated heterocycles. The van der Waals surface area contributed by atoms with Crippen molar-refractivity contribution in [3.05, 3.63) is 47.5 Å². The van der Waals surface area contributed by atoms with E-state index in [2.05, 4.69) is 9.97 Å². The van der Waals surface area contributed by atoms with Crippen LogP contribution in [0.1, 0.15) is 15.9 Å². The molecule has 3 rings (SSSR count). The summed E-state index contributed by atoms with van der Waals surface area (Å²) in [5, 5.41) is 9.23. The molecule has 0 saturated carbocycles. The van der Waals surface area contributed by atoms with Gasteiger partial charge in [0.05, 0.1) is 23.8 Å². The molecule has 1 heterocycles. The Morgan fingerprint density at radius 2 is 2.10 bits per heavy atom. The number of carboxylic acid groups (broad SMARTS) is 1. The fraction of sp³-hybridized carbons (Fsp3) is 0.125. The molecule has 0 bridgehead atoms. The van der Waals surface area contributed by atoms with Gasteiger partial charge in [0.25, 0.3) is 0 Å². The van der Waals surface area contributed by atoms with Crippen LogP contribution in [0, 0.1) is 6.92 Å². The van der Waals surface area contributed by atoms with Crippen LogP contribution in [-0.4, -0.2) is 28.2 Å². The van der Waals surface area contributed by atoms with Gasteiger partial charge in [-0.15, -0.1) is 0 Å². The highest BCUT2D eigenvalue weighted by molar-refractivity contribution is 6.01. The number of hydrogen-bond donors (Lipinski definition) is 2. The van der Waals surface area contributed by atoms with Crippen molar-refractivity contribution in [3.8, 4) is 17.1 Å². The second kappa shape index (κ2) is 4.94. The van der Waals surface area contributed by atoms with Crippen LogP contribution in [0.4, 0.5) is 0 Å². The fourth-order valence-corrected chi connectivity index (χ4v) is 2.34. The van der Waals surface area contributed by atoms with Gasteiger partial charge in [0, 0.05) is 0 Å². The van der Waals surface area contributed by atoms with Crippen LogP contribution < -0.4 is 4.74 Å². The molecule has 5 heteroatoms. The highest BCUT2D eigenvalue weighted by Gasteiger charge is 2.15. The topological polar surface area (TPSA) is 75.2 Å². The maximum atomic E-state index is 11.3. The third-order valence-electron chi connectivity index (χ3n) is 3.35. The first-order chi connectivity index (χ1) is 10.1. The Hall–Kier alpha value is -2.82. The molecule has 0 unspecified atom stereocenters. The number of aryl methyl sites for hydroxylation is 1. The maximum Gasteiger partial charge on any atom is 0.337 e. The van der Waals surface area contributed by atoms with Crippen LogP contribution in [0.25, 0.3) is 22.4 Å². The van der Waals surface area contributed by atoms with E-state index < -0.39 is 5.97 Å². The van der Waals surface area contributed by atoms with Crippen molar-refractivity contribution >= 4 is 17.0 Å². The normalized spacial score (nSPS) is 10.8. The number of aromatic nitrogens is 2. The number of H-pyrrole nitrogens is 1. The van der Waals surface area contributed by atoms with Gasteiger partial charge in [-0.05, 0) is 31.2 Å². The second-order valence-electron chi connectivity index (χ2n) is 4.80. The van der Waals surface area contributed by atoms with E-state index in [9.17, 15) is 9.90 Å². The van der Waals surface area contributed by atoms with Crippen LogP contribution in [0.3, 0.4) is 0 Å². The number of hydrogen-bond acceptors (Lipinski definition) is 3. The van der Waals surface area contributed by atoms with E-state index in [-0.39, 0.29) is 5.56 Å². The third kappa shape index (κ3) is 2.23. The van der Waals surface area contributed by atoms with Gasteiger partial charge in [-0.25, -0.2) is 9.78 Å². The molecule has 106 valence electrons. The molecule has 21 heavy (non-hydrogen) atoms. The lowest BCUT2D eigenvalue weighted by Crippen LogP contribution is -1.96. The summed E-state index contributed by atoms with van der Waals surface area (Å²) in [7, 11) is 1.60. The molecule has 0 aliphatic heterocycles. The van der Waals surface area contributed by atoms with Gasteiger partial charge in [-0.3, -0.25) is 0 Å². The van der Waals surface area contributed by atoms with Crippen molar-refractivity contribution in [2.45, 2.75) is 6.92 Å². The minimum atomic E-state index is -0.991. The van der Waals surface area contributed by atoms with E-state index in [0.717, 1.165) is 11.1 Å². The Balaban J connectivity index is 2.25. The Bertz CT molecular complexity index is 837. The summed E-state index contributed by atoms with van der Waals surface area (Å²) < 4.78 is 5.35. The van der Waals surface area contributed by atoms with E-state index in [1.807, 2.05) is 25.1 Å². The molecule has 3 aromatic rings. The molecule has 0 radical (unpaired) electrons. The number of para-hydroxylation sites is 1. The number of benzene rings is 2. The SMILES string of the molecule is COc1ccc(C)cc1-c1nc2c(C(=O)O)cccc2[nH]1. The summed E-state index contributed by atoms with van der Waals surface area (Å²) >= 11 is 0. The molecular weight excluding hydrogens is 268 g/mol. The summed E-state index contributed by atoms with van der Waals surface area (Å²) in [6.07, 6.45) is 0. The zero-order valence-corrected chi connectivity index (χ0v) is 11.7. The highest BCUT2D eigenvalue weighted by atomic mass is 16.5. The predicted molar refractivity (Wildman–Crippen MR) is 79.8 cm³/mol. The standard InChI is InChI=1S/C16H14N2O3/c1-9-6-7-13(21-2)11(8-9)15-17-12-5-3-4-10(16(19)20)14(12)18-15/h3-8H,1-2H3,(H,17,18)(H,19,20). The first kappa shape index (κ1) is 13.2. The van der Waals surface area contributed by atoms with Crippen molar-refractivity contribution in [2.75, 3.05) is 7.11 Å². The molecule has 5 nitrogen and oxygen atoms in total. The number of methoxy groups -OCH3 is 1. The van der Waals surface area contributed by atoms with Gasteiger partial charge in [-0.2, -0.15) is 0 Å². The van der Waals surface area contributed by atoms with Crippen LogP contribution in [0.15, 0.2) is 36.4 Å². The number of rotatable bonds is 3. The van der Waals surface area contributed by atoms with E-state index >= 15 is 0 Å². The van der Waals surface area contributed by atoms with Gasteiger partial charge < -0.3 is 14.8 Å². The smallest absolute Gasteiger partial charge is 0.337 e. The van der Waals surface area contributed by atoms with Gasteiger partial charge in [0.2, 0.25) is 0 Å². The number of nitrogens with one attached hydrogen (secondary N) is 1. The molecule has 0 atom stereocenters. The largest absolute Gasteiger partial charge is 0.496 e. The van der Waals surface area contributed by atoms with E-state index in [1.165, 1.54) is 0 Å². The van der Waals surface area contributed by atoms with Crippen LogP contribution in [0.5, 0.6) is 5.75 Å². The van der Waals surface area contributed by atoms with Gasteiger partial charge in [0.15, 0.2) is 0 Å². The van der Waals surface area contributed by atoms with Gasteiger partial charge in [-0.1, -0.05) is 17.7 Å². The predicted octanol–water partition coefficient (Wildman–Crippen LogP) is 3.25. The number of aromatic carboxylic acids is 1. The van der Waals surface area contributed by atoms with Crippen molar-refractivity contribution < 1.29 is 14.6 Å². The van der Waals surface area contributed by atoms with E-state index in [0.29, 0.717) is 22.6 Å². The number of ether oxygens (including phenoxy) is 1. The Morgan fingerprint density at radius 3 is 2.81 bits per heavy atom. The molecule has 0 spiro atoms. The zero-order valence-electron chi connectivity index (χ0n) is 11.7. The molecule has 2 N–H and O–H groups in total. The lowest BCUT2D eigenvalue weighted by molar-refractivity contribution is 0.0699. The third-order valence-corrected chi connectivity index (χ3v) is 3.35. The second-order valence-corrected chi connectivity index (χ2v) is 4.80. The Morgan fingerprint density at radius 1 is 1.29 bits per heavy atom. The maximum absolute atomic E-state index is 11.3. The van der Waals surface area contributed by atoms with Crippen LogP contribution in [0.2, 0.25) is 0 Å². The number of nitrogens with zero attached hydrogens (tertiary/aromatic N) is 1. The summed E-state index contributed by atoms with van der Waals surface area (Å²) in [6, 6.07) is 10.8. The Kier molecular flexibility index (Phi) is 3.10. The fourth-order valence-electron chi connectivity index (χ4n) is 2.34. The van der Waals surface area contributed by atoms with Crippen molar-refractivity contribution in [1.29, 1.82) is 0 Å². The lowest BCUT2D eigenvalue weighted by atomic mass is 10.1. The molecule has 0 amide bonds. The minimum Gasteiger partial charge on any atom is -0.496 e. The molecular formula is C16H14N2O3. The number of carbonyl (C=O) groups is 1. The van der Waals surface area contributed by atoms with Crippen molar-refractivity contribution in [3.63, 3.8) is 0 Å². The molecule has 0 aliphatic carbocycles. The zero-order chi connectivity index (χ0) is 15.0. The van der Waals surface area contributed by atoms with Crippen molar-refractivity contribution in [1.82, 2.24) is 9.97 Å². The Labute approximate surface area is 121 Å². The number of imidazole rings is 1. The molecule has 0 fully saturated rings. The number of fused-ring (bicyclic) bond motifs is 1. The van der Waals surface area contributed by atoms with Gasteiger partial charge >= 0.3 is 5.97 Å². The monoisotopic (exact) mass is 282 g/mol. The average Bonchev–Trinajstić information content (AvgIpc) is 2.90. The highest BCUT2D eigenvalue weighted by Crippen LogP contribution is 2.31. The molecule has 1 aromatic heterocycles. The van der Waals surface area contributed by atoms with E-state index in [4.69, 9.17) is 4.74 Å². The number of aromatic amines is 1. The molecule has 0 aliphatic rings. The first-order valence-corrected chi connectivity index (χ1v) is 6.47. The minimum absolute atomic E-state index is 0.182. The van der Waals surface area contributed by atoms with E-state index in [1.54, 1.807) is 25.3 Å². The first-order valence-electron chi connectivity index (χ1n) is 6.47. The van der Waals surface area contributed by atoms with Gasteiger partial charge in [0.1, 0.15) is 17.1 Å². The van der Waals surface area contributed by atoms with Crippen molar-refractivity contribution in [2.24, 2.45) is 0 Å². The summed E-state index contributed by atoms with van der Waals surface area (Å²) in [4.78, 5) is 18.9. The number of carboxylic acids is 1. The lowest BCUT2D eigenvalue weighted by Gasteiger charge is -2.06. The quantitative estimate of drug-likeness (QED) is 0.773.